The molecular formula is C24H21ClN6O4. The van der Waals surface area contributed by atoms with Gasteiger partial charge in [0, 0.05) is 24.4 Å². The summed E-state index contributed by atoms with van der Waals surface area (Å²) in [4.78, 5) is 31.6. The number of H-pyrrole nitrogens is 1. The number of hydrogen-bond acceptors (Lipinski definition) is 8. The number of pyridine rings is 1. The van der Waals surface area contributed by atoms with Crippen LogP contribution in [0.4, 0.5) is 5.69 Å². The van der Waals surface area contributed by atoms with E-state index in [0.29, 0.717) is 39.4 Å². The lowest BCUT2D eigenvalue weighted by molar-refractivity contribution is 0.388. The lowest BCUT2D eigenvalue weighted by Crippen LogP contribution is -2.13. The minimum atomic E-state index is -0.704. The average Bonchev–Trinajstić information content (AvgIpc) is 3.45. The average molecular weight is 493 g/mol. The summed E-state index contributed by atoms with van der Waals surface area (Å²) in [7, 11) is 1.80. The number of halogens is 1. The molecule has 0 unspecified atom stereocenters. The molecule has 4 heterocycles. The maximum Gasteiger partial charge on any atom is 0.439 e. The Hall–Kier alpha value is -4.18. The topological polar surface area (TPSA) is 132 Å². The molecule has 0 spiro atoms. The van der Waals surface area contributed by atoms with E-state index >= 15 is 0 Å². The second-order valence-corrected chi connectivity index (χ2v) is 8.72. The van der Waals surface area contributed by atoms with Crippen molar-refractivity contribution in [2.75, 3.05) is 5.32 Å². The zero-order chi connectivity index (χ0) is 24.9. The summed E-state index contributed by atoms with van der Waals surface area (Å²) in [6.45, 7) is 5.59. The van der Waals surface area contributed by atoms with Crippen LogP contribution >= 0.6 is 11.6 Å². The third-order valence-electron chi connectivity index (χ3n) is 5.70. The highest BCUT2D eigenvalue weighted by atomic mass is 35.5. The highest BCUT2D eigenvalue weighted by molar-refractivity contribution is 6.29. The van der Waals surface area contributed by atoms with Gasteiger partial charge in [-0.15, -0.1) is 0 Å². The number of aromatic nitrogens is 5. The van der Waals surface area contributed by atoms with Crippen LogP contribution in [0, 0.1) is 13.8 Å². The highest BCUT2D eigenvalue weighted by Gasteiger charge is 2.21. The predicted octanol–water partition coefficient (Wildman–Crippen LogP) is 4.38. The molecule has 0 amide bonds. The largest absolute Gasteiger partial charge is 0.453 e. The highest BCUT2D eigenvalue weighted by Crippen LogP contribution is 2.33. The Balaban J connectivity index is 1.64. The van der Waals surface area contributed by atoms with Crippen molar-refractivity contribution in [2.24, 2.45) is 7.05 Å². The van der Waals surface area contributed by atoms with Gasteiger partial charge in [-0.25, -0.2) is 9.78 Å². The fourth-order valence-corrected chi connectivity index (χ4v) is 4.19. The van der Waals surface area contributed by atoms with Gasteiger partial charge in [0.2, 0.25) is 5.82 Å². The first-order chi connectivity index (χ1) is 16.7. The van der Waals surface area contributed by atoms with Gasteiger partial charge in [-0.2, -0.15) is 5.10 Å². The summed E-state index contributed by atoms with van der Waals surface area (Å²) < 4.78 is 12.6. The standard InChI is InChI=1S/C24H21ClN6O4/c1-11-9-14(13(3)26-16-5-6-18(25)27-19(16)23-28-24(33)35-30-23)22-15(10-11)20(32)12(2)21(34-22)17-7-8-31(4)29-17/h5-10,13,26H,1-4H3,(H,28,30,33)/t13-/m1/s1. The van der Waals surface area contributed by atoms with Gasteiger partial charge in [-0.3, -0.25) is 19.0 Å². The second kappa shape index (κ2) is 8.55. The summed E-state index contributed by atoms with van der Waals surface area (Å²) in [5.74, 6) is -0.139. The van der Waals surface area contributed by atoms with Crippen molar-refractivity contribution in [3.05, 3.63) is 79.1 Å². The molecule has 11 heteroatoms. The van der Waals surface area contributed by atoms with Gasteiger partial charge in [0.25, 0.3) is 0 Å². The molecule has 0 aliphatic rings. The Labute approximate surface area is 203 Å². The van der Waals surface area contributed by atoms with Crippen molar-refractivity contribution in [3.63, 3.8) is 0 Å². The third-order valence-corrected chi connectivity index (χ3v) is 5.91. The molecule has 0 saturated carbocycles. The number of aryl methyl sites for hydroxylation is 2. The monoisotopic (exact) mass is 492 g/mol. The van der Waals surface area contributed by atoms with Crippen LogP contribution in [0.5, 0.6) is 0 Å². The van der Waals surface area contributed by atoms with Crippen LogP contribution in [0.1, 0.15) is 29.7 Å². The summed E-state index contributed by atoms with van der Waals surface area (Å²) in [6.07, 6.45) is 1.79. The normalized spacial score (nSPS) is 12.3. The van der Waals surface area contributed by atoms with E-state index in [4.69, 9.17) is 16.0 Å². The van der Waals surface area contributed by atoms with Crippen molar-refractivity contribution in [3.8, 4) is 23.0 Å². The molecule has 2 N–H and O–H groups in total. The Morgan fingerprint density at radius 1 is 1.17 bits per heavy atom. The second-order valence-electron chi connectivity index (χ2n) is 8.33. The SMILES string of the molecule is Cc1cc([C@@H](C)Nc2ccc(Cl)nc2-c2noc(=O)[nH]2)c2oc(-c3ccn(C)n3)c(C)c(=O)c2c1. The number of benzene rings is 1. The third kappa shape index (κ3) is 4.12. The van der Waals surface area contributed by atoms with E-state index in [1.807, 2.05) is 26.0 Å². The molecule has 10 nitrogen and oxygen atoms in total. The summed E-state index contributed by atoms with van der Waals surface area (Å²) in [6, 6.07) is 8.60. The lowest BCUT2D eigenvalue weighted by atomic mass is 9.99. The van der Waals surface area contributed by atoms with Crippen molar-refractivity contribution in [1.82, 2.24) is 24.9 Å². The van der Waals surface area contributed by atoms with Gasteiger partial charge in [0.15, 0.2) is 11.2 Å². The molecule has 0 saturated heterocycles. The Bertz CT molecular complexity index is 1700. The molecule has 0 bridgehead atoms. The molecule has 0 aliphatic heterocycles. The van der Waals surface area contributed by atoms with Gasteiger partial charge < -0.3 is 9.73 Å². The van der Waals surface area contributed by atoms with Crippen LogP contribution in [0.3, 0.4) is 0 Å². The number of nitrogens with one attached hydrogen (secondary N) is 2. The number of rotatable bonds is 5. The van der Waals surface area contributed by atoms with E-state index < -0.39 is 5.76 Å². The maximum atomic E-state index is 13.3. The van der Waals surface area contributed by atoms with E-state index in [-0.39, 0.29) is 22.4 Å². The number of fused-ring (bicyclic) bond motifs is 1. The van der Waals surface area contributed by atoms with Gasteiger partial charge in [-0.1, -0.05) is 22.8 Å². The van der Waals surface area contributed by atoms with Gasteiger partial charge in [0.05, 0.1) is 17.1 Å². The van der Waals surface area contributed by atoms with Gasteiger partial charge in [-0.05, 0) is 50.6 Å². The zero-order valence-corrected chi connectivity index (χ0v) is 20.1. The fraction of sp³-hybridized carbons (Fsp3) is 0.208. The summed E-state index contributed by atoms with van der Waals surface area (Å²) >= 11 is 6.09. The molecule has 1 atom stereocenters. The quantitative estimate of drug-likeness (QED) is 0.345. The summed E-state index contributed by atoms with van der Waals surface area (Å²) in [5.41, 5.74) is 3.97. The van der Waals surface area contributed by atoms with Gasteiger partial charge in [0.1, 0.15) is 22.1 Å². The first-order valence-electron chi connectivity index (χ1n) is 10.8. The fourth-order valence-electron chi connectivity index (χ4n) is 4.04. The number of nitrogens with zero attached hydrogens (tertiary/aromatic N) is 4. The minimum Gasteiger partial charge on any atom is -0.453 e. The van der Waals surface area contributed by atoms with E-state index in [9.17, 15) is 9.59 Å². The van der Waals surface area contributed by atoms with E-state index in [2.05, 4.69) is 30.1 Å². The Kier molecular flexibility index (Phi) is 5.52. The zero-order valence-electron chi connectivity index (χ0n) is 19.3. The van der Waals surface area contributed by atoms with E-state index in [1.165, 1.54) is 0 Å². The first-order valence-corrected chi connectivity index (χ1v) is 11.2. The Morgan fingerprint density at radius 3 is 2.66 bits per heavy atom. The van der Waals surface area contributed by atoms with Crippen molar-refractivity contribution in [1.29, 1.82) is 0 Å². The molecule has 178 valence electrons. The molecular weight excluding hydrogens is 472 g/mol. The predicted molar refractivity (Wildman–Crippen MR) is 132 cm³/mol. The van der Waals surface area contributed by atoms with Crippen LogP contribution < -0.4 is 16.5 Å². The summed E-state index contributed by atoms with van der Waals surface area (Å²) in [5, 5.41) is 12.2. The van der Waals surface area contributed by atoms with Crippen LogP contribution in [-0.4, -0.2) is 24.9 Å². The van der Waals surface area contributed by atoms with Crippen molar-refractivity contribution < 1.29 is 8.94 Å². The van der Waals surface area contributed by atoms with Crippen LogP contribution in [0.25, 0.3) is 33.9 Å². The van der Waals surface area contributed by atoms with Crippen molar-refractivity contribution >= 4 is 28.3 Å². The molecule has 5 rings (SSSR count). The molecule has 4 aromatic heterocycles. The van der Waals surface area contributed by atoms with Crippen molar-refractivity contribution in [2.45, 2.75) is 26.8 Å². The van der Waals surface area contributed by atoms with E-state index in [0.717, 1.165) is 11.1 Å². The van der Waals surface area contributed by atoms with Crippen LogP contribution in [0.15, 0.2) is 55.1 Å². The smallest absolute Gasteiger partial charge is 0.439 e. The molecule has 5 aromatic rings. The van der Waals surface area contributed by atoms with Crippen LogP contribution in [0.2, 0.25) is 5.15 Å². The Morgan fingerprint density at radius 2 is 1.97 bits per heavy atom. The molecule has 1 aromatic carbocycles. The number of hydrogen-bond donors (Lipinski definition) is 2. The lowest BCUT2D eigenvalue weighted by Gasteiger charge is -2.19. The van der Waals surface area contributed by atoms with E-state index in [1.54, 1.807) is 43.0 Å². The minimum absolute atomic E-state index is 0.113. The molecule has 35 heavy (non-hydrogen) atoms. The molecule has 0 aliphatic carbocycles. The maximum absolute atomic E-state index is 13.3. The molecule has 0 radical (unpaired) electrons. The van der Waals surface area contributed by atoms with Crippen LogP contribution in [-0.2, 0) is 7.05 Å². The number of aromatic amines is 1. The molecule has 0 fully saturated rings. The number of anilines is 1. The van der Waals surface area contributed by atoms with Gasteiger partial charge >= 0.3 is 5.76 Å². The first kappa shape index (κ1) is 22.6.